The highest BCUT2D eigenvalue weighted by Gasteiger charge is 2.36. The van der Waals surface area contributed by atoms with Crippen LogP contribution in [0.4, 0.5) is 50.9 Å². The van der Waals surface area contributed by atoms with E-state index in [0.29, 0.717) is 11.1 Å². The lowest BCUT2D eigenvalue weighted by atomic mass is 9.98. The smallest absolute Gasteiger partial charge is 0.435 e. The number of anilines is 2. The minimum absolute atomic E-state index is 0.0448. The summed E-state index contributed by atoms with van der Waals surface area (Å²) in [5.41, 5.74) is 1.16. The molecular formula is C26H21F9N2O2. The van der Waals surface area contributed by atoms with Crippen LogP contribution in [0, 0.1) is 5.82 Å². The average Bonchev–Trinajstić information content (AvgIpc) is 2.81. The van der Waals surface area contributed by atoms with E-state index in [1.165, 1.54) is 47.4 Å². The van der Waals surface area contributed by atoms with Gasteiger partial charge in [0.15, 0.2) is 0 Å². The monoisotopic (exact) mass is 564 g/mol. The first-order valence-corrected chi connectivity index (χ1v) is 11.5. The highest BCUT2D eigenvalue weighted by atomic mass is 19.4. The van der Waals surface area contributed by atoms with E-state index in [0.717, 1.165) is 24.3 Å². The number of benzene rings is 3. The first kappa shape index (κ1) is 28.2. The molecule has 0 saturated heterocycles. The van der Waals surface area contributed by atoms with Crippen LogP contribution in [0.15, 0.2) is 66.7 Å². The topological polar surface area (TPSA) is 24.9 Å². The fraction of sp³-hybridized carbons (Fsp3) is 0.308. The van der Waals surface area contributed by atoms with Crippen LogP contribution in [0.5, 0.6) is 11.5 Å². The Morgan fingerprint density at radius 1 is 0.846 bits per heavy atom. The van der Waals surface area contributed by atoms with Crippen molar-refractivity contribution in [2.75, 3.05) is 22.9 Å². The van der Waals surface area contributed by atoms with Gasteiger partial charge in [-0.05, 0) is 53.6 Å². The van der Waals surface area contributed by atoms with Gasteiger partial charge in [0.1, 0.15) is 17.3 Å². The van der Waals surface area contributed by atoms with Crippen LogP contribution < -0.4 is 19.3 Å². The quantitative estimate of drug-likeness (QED) is 0.260. The summed E-state index contributed by atoms with van der Waals surface area (Å²) in [5, 5.41) is 0. The fourth-order valence-corrected chi connectivity index (χ4v) is 4.48. The Hall–Kier alpha value is -3.77. The van der Waals surface area contributed by atoms with Gasteiger partial charge in [0.2, 0.25) is 0 Å². The van der Waals surface area contributed by atoms with E-state index in [1.54, 1.807) is 4.90 Å². The number of hydrogen-bond donors (Lipinski definition) is 0. The third-order valence-electron chi connectivity index (χ3n) is 5.97. The molecule has 0 aromatic heterocycles. The van der Waals surface area contributed by atoms with E-state index >= 15 is 0 Å². The molecule has 1 aliphatic rings. The SMILES string of the molecule is Fc1ccc2c(c1)N(Cc1cccc(OC(F)(F)F)c1)CC(c1cccc(OC(F)F)c1)N2CCC(F)(F)F. The lowest BCUT2D eigenvalue weighted by Gasteiger charge is -2.45. The first-order chi connectivity index (χ1) is 18.3. The van der Waals surface area contributed by atoms with Crippen LogP contribution >= 0.6 is 0 Å². The van der Waals surface area contributed by atoms with Crippen molar-refractivity contribution in [3.8, 4) is 11.5 Å². The molecule has 4 rings (SSSR count). The standard InChI is InChI=1S/C26H21F9N2O2/c27-18-7-8-21-22(13-18)36(14-16-3-1-6-20(11-16)39-26(33,34)35)15-23(37(21)10-9-25(30,31)32)17-4-2-5-19(12-17)38-24(28)29/h1-8,11-13,23-24H,9-10,14-15H2. The van der Waals surface area contributed by atoms with Crippen LogP contribution in [-0.2, 0) is 6.54 Å². The van der Waals surface area contributed by atoms with E-state index in [1.807, 2.05) is 0 Å². The largest absolute Gasteiger partial charge is 0.573 e. The van der Waals surface area contributed by atoms with Gasteiger partial charge in [-0.2, -0.15) is 22.0 Å². The van der Waals surface area contributed by atoms with E-state index in [4.69, 9.17) is 0 Å². The fourth-order valence-electron chi connectivity index (χ4n) is 4.48. The van der Waals surface area contributed by atoms with Crippen LogP contribution in [0.25, 0.3) is 0 Å². The summed E-state index contributed by atoms with van der Waals surface area (Å²) < 4.78 is 126. The Balaban J connectivity index is 1.74. The summed E-state index contributed by atoms with van der Waals surface area (Å²) in [6.07, 6.45) is -10.6. The number of halogens is 9. The minimum Gasteiger partial charge on any atom is -0.435 e. The Bertz CT molecular complexity index is 1280. The Morgan fingerprint density at radius 2 is 1.56 bits per heavy atom. The van der Waals surface area contributed by atoms with E-state index in [-0.39, 0.29) is 30.2 Å². The Labute approximate surface area is 217 Å². The number of alkyl halides is 8. The predicted octanol–water partition coefficient (Wildman–Crippen LogP) is 7.85. The third-order valence-corrected chi connectivity index (χ3v) is 5.97. The van der Waals surface area contributed by atoms with Crippen molar-refractivity contribution in [1.29, 1.82) is 0 Å². The molecule has 3 aromatic carbocycles. The molecule has 0 bridgehead atoms. The summed E-state index contributed by atoms with van der Waals surface area (Å²) in [7, 11) is 0. The van der Waals surface area contributed by atoms with E-state index < -0.39 is 49.7 Å². The normalized spacial score (nSPS) is 15.9. The zero-order chi connectivity index (χ0) is 28.4. The number of hydrogen-bond acceptors (Lipinski definition) is 4. The van der Waals surface area contributed by atoms with Gasteiger partial charge >= 0.3 is 19.2 Å². The molecular weight excluding hydrogens is 543 g/mol. The van der Waals surface area contributed by atoms with Crippen LogP contribution in [0.3, 0.4) is 0 Å². The average molecular weight is 564 g/mol. The predicted molar refractivity (Wildman–Crippen MR) is 124 cm³/mol. The molecule has 0 aliphatic carbocycles. The molecule has 0 amide bonds. The van der Waals surface area contributed by atoms with Crippen molar-refractivity contribution < 1.29 is 49.0 Å². The summed E-state index contributed by atoms with van der Waals surface area (Å²) in [6, 6.07) is 13.3. The van der Waals surface area contributed by atoms with Gasteiger partial charge in [0.05, 0.1) is 23.8 Å². The summed E-state index contributed by atoms with van der Waals surface area (Å²) in [4.78, 5) is 3.00. The van der Waals surface area contributed by atoms with Gasteiger partial charge in [-0.25, -0.2) is 4.39 Å². The highest BCUT2D eigenvalue weighted by Crippen LogP contribution is 2.43. The molecule has 1 aliphatic heterocycles. The third kappa shape index (κ3) is 7.64. The van der Waals surface area contributed by atoms with E-state index in [9.17, 15) is 39.5 Å². The lowest BCUT2D eigenvalue weighted by molar-refractivity contribution is -0.274. The Kier molecular flexibility index (Phi) is 8.07. The molecule has 39 heavy (non-hydrogen) atoms. The number of nitrogens with zero attached hydrogens (tertiary/aromatic N) is 2. The molecule has 0 N–H and O–H groups in total. The molecule has 3 aromatic rings. The Morgan fingerprint density at radius 3 is 2.26 bits per heavy atom. The first-order valence-electron chi connectivity index (χ1n) is 11.5. The minimum atomic E-state index is -4.92. The molecule has 210 valence electrons. The number of rotatable bonds is 8. The van der Waals surface area contributed by atoms with Gasteiger partial charge in [0.25, 0.3) is 0 Å². The van der Waals surface area contributed by atoms with Crippen LogP contribution in [0.2, 0.25) is 0 Å². The number of ether oxygens (including phenoxy) is 2. The van der Waals surface area contributed by atoms with Crippen molar-refractivity contribution in [2.45, 2.75) is 38.2 Å². The molecule has 1 atom stereocenters. The molecule has 0 radical (unpaired) electrons. The van der Waals surface area contributed by atoms with Gasteiger partial charge in [-0.15, -0.1) is 13.2 Å². The van der Waals surface area contributed by atoms with Gasteiger partial charge in [-0.1, -0.05) is 24.3 Å². The van der Waals surface area contributed by atoms with Crippen molar-refractivity contribution in [3.63, 3.8) is 0 Å². The molecule has 4 nitrogen and oxygen atoms in total. The molecule has 0 spiro atoms. The summed E-state index contributed by atoms with van der Waals surface area (Å²) in [6.45, 7) is -3.74. The molecule has 13 heteroatoms. The van der Waals surface area contributed by atoms with Crippen molar-refractivity contribution in [1.82, 2.24) is 0 Å². The van der Waals surface area contributed by atoms with Gasteiger partial charge < -0.3 is 19.3 Å². The highest BCUT2D eigenvalue weighted by molar-refractivity contribution is 5.75. The summed E-state index contributed by atoms with van der Waals surface area (Å²) >= 11 is 0. The van der Waals surface area contributed by atoms with Crippen molar-refractivity contribution in [2.24, 2.45) is 0 Å². The molecule has 1 heterocycles. The van der Waals surface area contributed by atoms with Crippen LogP contribution in [0.1, 0.15) is 23.6 Å². The maximum absolute atomic E-state index is 14.3. The summed E-state index contributed by atoms with van der Waals surface area (Å²) in [5.74, 6) is -1.35. The maximum atomic E-state index is 14.3. The van der Waals surface area contributed by atoms with Gasteiger partial charge in [0, 0.05) is 19.6 Å². The van der Waals surface area contributed by atoms with Gasteiger partial charge in [-0.3, -0.25) is 0 Å². The van der Waals surface area contributed by atoms with E-state index in [2.05, 4.69) is 9.47 Å². The van der Waals surface area contributed by atoms with Crippen LogP contribution in [-0.4, -0.2) is 32.2 Å². The van der Waals surface area contributed by atoms with Crippen molar-refractivity contribution in [3.05, 3.63) is 83.7 Å². The number of fused-ring (bicyclic) bond motifs is 1. The zero-order valence-electron chi connectivity index (χ0n) is 19.9. The lowest BCUT2D eigenvalue weighted by Crippen LogP contribution is -2.44. The van der Waals surface area contributed by atoms with Crippen molar-refractivity contribution >= 4 is 11.4 Å². The second kappa shape index (κ2) is 11.1. The second-order valence-corrected chi connectivity index (χ2v) is 8.73. The zero-order valence-corrected chi connectivity index (χ0v) is 19.9. The molecule has 1 unspecified atom stereocenters. The second-order valence-electron chi connectivity index (χ2n) is 8.73. The molecule has 0 saturated carbocycles. The molecule has 0 fully saturated rings. The maximum Gasteiger partial charge on any atom is 0.573 e.